The van der Waals surface area contributed by atoms with Crippen molar-refractivity contribution in [2.24, 2.45) is 0 Å². The van der Waals surface area contributed by atoms with Crippen LogP contribution < -0.4 is 0 Å². The number of esters is 4. The third-order valence-corrected chi connectivity index (χ3v) is 7.46. The molecule has 48 heavy (non-hydrogen) atoms. The number of rotatable bonds is 11. The fraction of sp³-hybridized carbons (Fsp3) is 0.176. The monoisotopic (exact) mass is 676 g/mol. The van der Waals surface area contributed by atoms with Gasteiger partial charge in [0.1, 0.15) is 12.7 Å². The van der Waals surface area contributed by atoms with E-state index in [1.165, 1.54) is 48.5 Å². The van der Waals surface area contributed by atoms with Gasteiger partial charge in [-0.2, -0.15) is 0 Å². The molecule has 0 saturated carbocycles. The highest BCUT2D eigenvalue weighted by molar-refractivity contribution is 7.46. The number of hydrogen-bond acceptors (Lipinski definition) is 11. The molecule has 0 spiro atoms. The Morgan fingerprint density at radius 3 is 1.29 bits per heavy atom. The van der Waals surface area contributed by atoms with E-state index in [0.29, 0.717) is 0 Å². The maximum absolute atomic E-state index is 13.4. The molecule has 0 aliphatic carbocycles. The van der Waals surface area contributed by atoms with E-state index in [4.69, 9.17) is 28.2 Å². The Balaban J connectivity index is 1.56. The largest absolute Gasteiger partial charge is 0.472 e. The van der Waals surface area contributed by atoms with Gasteiger partial charge in [0.25, 0.3) is 0 Å². The number of carbonyl (C=O) groups excluding carboxylic acids is 4. The third kappa shape index (κ3) is 9.00. The van der Waals surface area contributed by atoms with Crippen LogP contribution in [0.25, 0.3) is 0 Å². The van der Waals surface area contributed by atoms with Gasteiger partial charge in [-0.15, -0.1) is 0 Å². The predicted molar refractivity (Wildman–Crippen MR) is 165 cm³/mol. The molecule has 2 N–H and O–H groups in total. The van der Waals surface area contributed by atoms with E-state index in [0.717, 1.165) is 0 Å². The van der Waals surface area contributed by atoms with Crippen LogP contribution in [0.5, 0.6) is 0 Å². The van der Waals surface area contributed by atoms with Gasteiger partial charge in [-0.3, -0.25) is 4.52 Å². The Morgan fingerprint density at radius 2 is 0.896 bits per heavy atom. The summed E-state index contributed by atoms with van der Waals surface area (Å²) in [5, 5.41) is 0. The topological polar surface area (TPSA) is 181 Å². The molecule has 1 aliphatic heterocycles. The maximum atomic E-state index is 13.4. The van der Waals surface area contributed by atoms with Gasteiger partial charge in [-0.25, -0.2) is 23.7 Å². The van der Waals surface area contributed by atoms with Crippen LogP contribution in [0.1, 0.15) is 41.4 Å². The van der Waals surface area contributed by atoms with E-state index in [-0.39, 0.29) is 22.3 Å². The normalized spacial score (nSPS) is 20.6. The molecular formula is C34H29O13P. The fourth-order valence-electron chi connectivity index (χ4n) is 4.75. The molecule has 5 rings (SSSR count). The number of phosphoric ester groups is 1. The molecule has 1 saturated heterocycles. The van der Waals surface area contributed by atoms with E-state index >= 15 is 0 Å². The standard InChI is InChI=1S/C34H29O13P/c35-30(22-13-5-1-6-14-22)42-21-26-27(44-31(36)23-15-7-2-8-16-23)28(45-32(37)24-17-9-3-10-18-24)29(34(43-26)47-48(39,40)41)46-33(38)25-19-11-4-12-20-25/h1-20,26-29,34H,21H2,(H2,39,40,41)/t26-,27-,28+,29-,34-/m1/s1. The Morgan fingerprint density at radius 1 is 0.542 bits per heavy atom. The van der Waals surface area contributed by atoms with Crippen molar-refractivity contribution in [3.8, 4) is 0 Å². The molecule has 248 valence electrons. The predicted octanol–water partition coefficient (Wildman–Crippen LogP) is 4.35. The zero-order valence-electron chi connectivity index (χ0n) is 25.0. The van der Waals surface area contributed by atoms with Gasteiger partial charge < -0.3 is 33.5 Å². The molecule has 0 unspecified atom stereocenters. The SMILES string of the molecule is O=C(OC[C@H]1O[C@H](OP(=O)(O)O)[C@H](OC(=O)c2ccccc2)[C@@H](OC(=O)c2ccccc2)[C@@H]1OC(=O)c1ccccc1)c1ccccc1. The first-order valence-electron chi connectivity index (χ1n) is 14.5. The lowest BCUT2D eigenvalue weighted by atomic mass is 9.97. The molecule has 13 nitrogen and oxygen atoms in total. The molecule has 0 aromatic heterocycles. The van der Waals surface area contributed by atoms with Gasteiger partial charge in [-0.05, 0) is 48.5 Å². The molecule has 14 heteroatoms. The Hall–Kier alpha value is -5.17. The van der Waals surface area contributed by atoms with Crippen molar-refractivity contribution in [2.45, 2.75) is 30.7 Å². The van der Waals surface area contributed by atoms with Crippen LogP contribution in [0.3, 0.4) is 0 Å². The van der Waals surface area contributed by atoms with Crippen LogP contribution in [0.15, 0.2) is 121 Å². The first-order valence-corrected chi connectivity index (χ1v) is 16.0. The summed E-state index contributed by atoms with van der Waals surface area (Å²) < 4.78 is 45.5. The molecule has 4 aromatic rings. The number of ether oxygens (including phenoxy) is 5. The highest BCUT2D eigenvalue weighted by Gasteiger charge is 2.55. The summed E-state index contributed by atoms with van der Waals surface area (Å²) in [4.78, 5) is 72.6. The van der Waals surface area contributed by atoms with Crippen molar-refractivity contribution >= 4 is 31.7 Å². The molecule has 0 amide bonds. The molecule has 1 fully saturated rings. The minimum Gasteiger partial charge on any atom is -0.459 e. The van der Waals surface area contributed by atoms with Crippen LogP contribution in [-0.2, 0) is 32.8 Å². The first-order chi connectivity index (χ1) is 23.1. The summed E-state index contributed by atoms with van der Waals surface area (Å²) in [6, 6.07) is 30.8. The molecule has 0 bridgehead atoms. The number of carbonyl (C=O) groups is 4. The van der Waals surface area contributed by atoms with Crippen LogP contribution in [0.2, 0.25) is 0 Å². The second kappa shape index (κ2) is 15.6. The summed E-state index contributed by atoms with van der Waals surface area (Å²) in [5.41, 5.74) is 0.315. The Labute approximate surface area is 274 Å². The highest BCUT2D eigenvalue weighted by Crippen LogP contribution is 2.42. The van der Waals surface area contributed by atoms with Crippen molar-refractivity contribution in [1.29, 1.82) is 0 Å². The second-order valence-corrected chi connectivity index (χ2v) is 11.5. The van der Waals surface area contributed by atoms with Crippen molar-refractivity contribution in [3.05, 3.63) is 144 Å². The van der Waals surface area contributed by atoms with E-state index in [1.54, 1.807) is 72.8 Å². The van der Waals surface area contributed by atoms with Gasteiger partial charge in [0.05, 0.1) is 22.3 Å². The van der Waals surface area contributed by atoms with E-state index in [9.17, 15) is 33.5 Å². The molecule has 0 radical (unpaired) electrons. The van der Waals surface area contributed by atoms with Gasteiger partial charge in [0.2, 0.25) is 6.29 Å². The van der Waals surface area contributed by atoms with E-state index in [1.807, 2.05) is 0 Å². The number of benzene rings is 4. The summed E-state index contributed by atoms with van der Waals surface area (Å²) in [5.74, 6) is -3.72. The van der Waals surface area contributed by atoms with Crippen molar-refractivity contribution < 1.29 is 61.7 Å². The molecular weight excluding hydrogens is 647 g/mol. The Kier molecular flexibility index (Phi) is 11.1. The lowest BCUT2D eigenvalue weighted by Gasteiger charge is -2.44. The van der Waals surface area contributed by atoms with Gasteiger partial charge in [0.15, 0.2) is 18.3 Å². The molecule has 1 aliphatic rings. The third-order valence-electron chi connectivity index (χ3n) is 6.98. The maximum Gasteiger partial charge on any atom is 0.472 e. The van der Waals surface area contributed by atoms with Crippen molar-refractivity contribution in [1.82, 2.24) is 0 Å². The average Bonchev–Trinajstić information content (AvgIpc) is 3.10. The van der Waals surface area contributed by atoms with Crippen LogP contribution >= 0.6 is 7.82 Å². The van der Waals surface area contributed by atoms with E-state index in [2.05, 4.69) is 0 Å². The lowest BCUT2D eigenvalue weighted by Crippen LogP contribution is -2.63. The van der Waals surface area contributed by atoms with Gasteiger partial charge in [-0.1, -0.05) is 72.8 Å². The lowest BCUT2D eigenvalue weighted by molar-refractivity contribution is -0.278. The summed E-state index contributed by atoms with van der Waals surface area (Å²) >= 11 is 0. The second-order valence-electron chi connectivity index (χ2n) is 10.3. The molecule has 4 aromatic carbocycles. The van der Waals surface area contributed by atoms with E-state index < -0.39 is 69.0 Å². The quantitative estimate of drug-likeness (QED) is 0.130. The minimum atomic E-state index is -5.39. The van der Waals surface area contributed by atoms with Crippen LogP contribution in [-0.4, -0.2) is 71.0 Å². The van der Waals surface area contributed by atoms with Crippen LogP contribution in [0.4, 0.5) is 0 Å². The number of phosphoric acid groups is 1. The van der Waals surface area contributed by atoms with Crippen molar-refractivity contribution in [3.63, 3.8) is 0 Å². The molecule has 5 atom stereocenters. The van der Waals surface area contributed by atoms with Crippen LogP contribution in [0, 0.1) is 0 Å². The summed E-state index contributed by atoms with van der Waals surface area (Å²) in [6.07, 6.45) is -9.10. The van der Waals surface area contributed by atoms with Crippen molar-refractivity contribution in [2.75, 3.05) is 6.61 Å². The van der Waals surface area contributed by atoms with Gasteiger partial charge in [0, 0.05) is 0 Å². The molecule has 1 heterocycles. The Bertz CT molecular complexity index is 1750. The zero-order valence-corrected chi connectivity index (χ0v) is 25.9. The highest BCUT2D eigenvalue weighted by atomic mass is 31.2. The average molecular weight is 677 g/mol. The minimum absolute atomic E-state index is 0.0253. The smallest absolute Gasteiger partial charge is 0.459 e. The first kappa shape index (κ1) is 34.2. The fourth-order valence-corrected chi connectivity index (χ4v) is 5.19. The number of hydrogen-bond donors (Lipinski definition) is 2. The van der Waals surface area contributed by atoms with Gasteiger partial charge >= 0.3 is 31.7 Å². The summed E-state index contributed by atoms with van der Waals surface area (Å²) in [6.45, 7) is -0.680. The summed E-state index contributed by atoms with van der Waals surface area (Å²) in [7, 11) is -5.39. The zero-order chi connectivity index (χ0) is 34.1.